The Labute approximate surface area is 115 Å². The van der Waals surface area contributed by atoms with E-state index in [-0.39, 0.29) is 11.6 Å². The smallest absolute Gasteiger partial charge is 0.327 e. The highest BCUT2D eigenvalue weighted by atomic mass is 35.5. The van der Waals surface area contributed by atoms with Gasteiger partial charge in [0.1, 0.15) is 11.6 Å². The molecular weight excluding hydrogens is 270 g/mol. The maximum atomic E-state index is 11.8. The molecular formula is C12H14ClN3O3. The summed E-state index contributed by atoms with van der Waals surface area (Å²) in [5.41, 5.74) is -0.126. The largest absolute Gasteiger partial charge is 0.468 e. The van der Waals surface area contributed by atoms with Crippen molar-refractivity contribution in [3.05, 3.63) is 21.6 Å². The molecule has 6 nitrogen and oxygen atoms in total. The van der Waals surface area contributed by atoms with Crippen LogP contribution in [-0.2, 0) is 16.1 Å². The predicted octanol–water partition coefficient (Wildman–Crippen LogP) is 0.895. The number of hydrogen-bond acceptors (Lipinski definition) is 5. The van der Waals surface area contributed by atoms with Gasteiger partial charge in [-0.05, 0) is 6.42 Å². The zero-order valence-electron chi connectivity index (χ0n) is 10.5. The summed E-state index contributed by atoms with van der Waals surface area (Å²) in [6.07, 6.45) is 7.92. The van der Waals surface area contributed by atoms with Crippen molar-refractivity contribution in [1.82, 2.24) is 9.78 Å². The third-order valence-electron chi connectivity index (χ3n) is 2.30. The number of anilines is 1. The standard InChI is InChI=1S/C12H14ClN3O3/c1-3-4-5-6-14-9-7-15-16(8-10(17)19-2)12(18)11(9)13/h1,7,14H,4-6,8H2,2H3. The van der Waals surface area contributed by atoms with Crippen molar-refractivity contribution in [1.29, 1.82) is 0 Å². The number of rotatable bonds is 6. The monoisotopic (exact) mass is 283 g/mol. The highest BCUT2D eigenvalue weighted by Crippen LogP contribution is 2.15. The van der Waals surface area contributed by atoms with E-state index in [9.17, 15) is 9.59 Å². The fraction of sp³-hybridized carbons (Fsp3) is 0.417. The van der Waals surface area contributed by atoms with Gasteiger partial charge in [0, 0.05) is 13.0 Å². The maximum absolute atomic E-state index is 11.8. The van der Waals surface area contributed by atoms with Crippen LogP contribution >= 0.6 is 11.6 Å². The van der Waals surface area contributed by atoms with E-state index in [1.165, 1.54) is 13.3 Å². The van der Waals surface area contributed by atoms with Crippen molar-refractivity contribution >= 4 is 23.3 Å². The van der Waals surface area contributed by atoms with E-state index in [2.05, 4.69) is 21.1 Å². The Morgan fingerprint density at radius 2 is 2.42 bits per heavy atom. The van der Waals surface area contributed by atoms with E-state index < -0.39 is 11.5 Å². The Morgan fingerprint density at radius 3 is 3.05 bits per heavy atom. The van der Waals surface area contributed by atoms with Crippen molar-refractivity contribution in [3.8, 4) is 12.3 Å². The molecule has 7 heteroatoms. The lowest BCUT2D eigenvalue weighted by atomic mass is 10.3. The second-order valence-electron chi connectivity index (χ2n) is 3.65. The van der Waals surface area contributed by atoms with Gasteiger partial charge in [0.2, 0.25) is 0 Å². The van der Waals surface area contributed by atoms with Crippen LogP contribution in [-0.4, -0.2) is 29.4 Å². The van der Waals surface area contributed by atoms with Crippen molar-refractivity contribution < 1.29 is 9.53 Å². The minimum atomic E-state index is -0.569. The van der Waals surface area contributed by atoms with Gasteiger partial charge in [0.25, 0.3) is 5.56 Å². The van der Waals surface area contributed by atoms with E-state index in [1.54, 1.807) is 0 Å². The van der Waals surface area contributed by atoms with Gasteiger partial charge in [0.05, 0.1) is 19.0 Å². The van der Waals surface area contributed by atoms with Crippen LogP contribution in [0.1, 0.15) is 12.8 Å². The molecule has 0 atom stereocenters. The molecule has 1 aromatic rings. The number of halogens is 1. The van der Waals surface area contributed by atoms with Crippen molar-refractivity contribution in [2.24, 2.45) is 0 Å². The van der Waals surface area contributed by atoms with Crippen molar-refractivity contribution in [3.63, 3.8) is 0 Å². The number of carbonyl (C=O) groups is 1. The van der Waals surface area contributed by atoms with Crippen molar-refractivity contribution in [2.45, 2.75) is 19.4 Å². The zero-order valence-corrected chi connectivity index (χ0v) is 11.2. The van der Waals surface area contributed by atoms with Gasteiger partial charge in [-0.15, -0.1) is 12.3 Å². The van der Waals surface area contributed by atoms with Crippen LogP contribution in [0.4, 0.5) is 5.69 Å². The summed E-state index contributed by atoms with van der Waals surface area (Å²) >= 11 is 5.91. The van der Waals surface area contributed by atoms with Gasteiger partial charge in [-0.2, -0.15) is 5.10 Å². The summed E-state index contributed by atoms with van der Waals surface area (Å²) in [6.45, 7) is 0.318. The van der Waals surface area contributed by atoms with E-state index in [1.807, 2.05) is 0 Å². The molecule has 1 aromatic heterocycles. The van der Waals surface area contributed by atoms with Gasteiger partial charge < -0.3 is 10.1 Å². The van der Waals surface area contributed by atoms with E-state index in [0.29, 0.717) is 18.7 Å². The predicted molar refractivity (Wildman–Crippen MR) is 72.1 cm³/mol. The summed E-state index contributed by atoms with van der Waals surface area (Å²) in [7, 11) is 1.23. The molecule has 0 fully saturated rings. The highest BCUT2D eigenvalue weighted by molar-refractivity contribution is 6.32. The van der Waals surface area contributed by atoms with E-state index >= 15 is 0 Å². The minimum Gasteiger partial charge on any atom is -0.468 e. The van der Waals surface area contributed by atoms with Gasteiger partial charge in [-0.1, -0.05) is 11.6 Å². The fourth-order valence-electron chi connectivity index (χ4n) is 1.30. The van der Waals surface area contributed by atoms with Crippen LogP contribution in [0.15, 0.2) is 11.0 Å². The minimum absolute atomic E-state index is 0.0142. The lowest BCUT2D eigenvalue weighted by molar-refractivity contribution is -0.141. The van der Waals surface area contributed by atoms with E-state index in [0.717, 1.165) is 11.1 Å². The molecule has 1 heterocycles. The molecule has 0 bridgehead atoms. The maximum Gasteiger partial charge on any atom is 0.327 e. The molecule has 0 unspecified atom stereocenters. The molecule has 0 amide bonds. The molecule has 1 rings (SSSR count). The van der Waals surface area contributed by atoms with Crippen LogP contribution in [0, 0.1) is 12.3 Å². The van der Waals surface area contributed by atoms with Crippen LogP contribution in [0.5, 0.6) is 0 Å². The fourth-order valence-corrected chi connectivity index (χ4v) is 1.51. The van der Waals surface area contributed by atoms with Crippen LogP contribution in [0.3, 0.4) is 0 Å². The lowest BCUT2D eigenvalue weighted by Gasteiger charge is -2.09. The molecule has 0 saturated carbocycles. The summed E-state index contributed by atoms with van der Waals surface area (Å²) in [4.78, 5) is 22.9. The molecule has 0 aliphatic heterocycles. The Bertz CT molecular complexity index is 548. The number of aromatic nitrogens is 2. The van der Waals surface area contributed by atoms with Gasteiger partial charge in [-0.25, -0.2) is 4.68 Å². The molecule has 0 radical (unpaired) electrons. The molecule has 0 aromatic carbocycles. The third-order valence-corrected chi connectivity index (χ3v) is 2.67. The number of nitrogens with zero attached hydrogens (tertiary/aromatic N) is 2. The van der Waals surface area contributed by atoms with Crippen LogP contribution < -0.4 is 10.9 Å². The van der Waals surface area contributed by atoms with Crippen LogP contribution in [0.25, 0.3) is 0 Å². The summed E-state index contributed by atoms with van der Waals surface area (Å²) in [5.74, 6) is 1.94. The average molecular weight is 284 g/mol. The number of carbonyl (C=O) groups excluding carboxylic acids is 1. The summed E-state index contributed by atoms with van der Waals surface area (Å²) in [5, 5.41) is 6.79. The first-order valence-electron chi connectivity index (χ1n) is 5.60. The van der Waals surface area contributed by atoms with Gasteiger partial charge in [-0.3, -0.25) is 9.59 Å². The van der Waals surface area contributed by atoms with Gasteiger partial charge in [0.15, 0.2) is 0 Å². The molecule has 102 valence electrons. The number of methoxy groups -OCH3 is 1. The first-order chi connectivity index (χ1) is 9.10. The first-order valence-corrected chi connectivity index (χ1v) is 5.97. The SMILES string of the molecule is C#CCCCNc1cnn(CC(=O)OC)c(=O)c1Cl. The third kappa shape index (κ3) is 4.30. The summed E-state index contributed by atoms with van der Waals surface area (Å²) in [6, 6.07) is 0. The zero-order chi connectivity index (χ0) is 14.3. The topological polar surface area (TPSA) is 73.2 Å². The number of terminal acetylenes is 1. The second-order valence-corrected chi connectivity index (χ2v) is 4.02. The van der Waals surface area contributed by atoms with E-state index in [4.69, 9.17) is 18.0 Å². The number of hydrogen-bond donors (Lipinski definition) is 1. The quantitative estimate of drug-likeness (QED) is 0.477. The number of unbranched alkanes of at least 4 members (excludes halogenated alkanes) is 1. The number of nitrogens with one attached hydrogen (secondary N) is 1. The summed E-state index contributed by atoms with van der Waals surface area (Å²) < 4.78 is 5.40. The molecule has 1 N–H and O–H groups in total. The molecule has 0 aliphatic carbocycles. The lowest BCUT2D eigenvalue weighted by Crippen LogP contribution is -2.28. The normalized spacial score (nSPS) is 9.74. The number of ether oxygens (including phenoxy) is 1. The number of esters is 1. The highest BCUT2D eigenvalue weighted by Gasteiger charge is 2.11. The van der Waals surface area contributed by atoms with Crippen molar-refractivity contribution in [2.75, 3.05) is 19.0 Å². The molecule has 19 heavy (non-hydrogen) atoms. The Morgan fingerprint density at radius 1 is 1.68 bits per heavy atom. The van der Waals surface area contributed by atoms with Crippen LogP contribution in [0.2, 0.25) is 5.02 Å². The second kappa shape index (κ2) is 7.44. The molecule has 0 saturated heterocycles. The Balaban J connectivity index is 2.77. The molecule has 0 spiro atoms. The average Bonchev–Trinajstić information content (AvgIpc) is 2.42. The first kappa shape index (κ1) is 15.1. The molecule has 0 aliphatic rings. The Hall–Kier alpha value is -2.00. The van der Waals surface area contributed by atoms with Gasteiger partial charge >= 0.3 is 5.97 Å². The Kier molecular flexibility index (Phi) is 5.90.